The van der Waals surface area contributed by atoms with Crippen molar-refractivity contribution in [2.75, 3.05) is 32.8 Å². The zero-order chi connectivity index (χ0) is 24.0. The molecule has 0 aliphatic carbocycles. The first kappa shape index (κ1) is 31.8. The number of hydrazine groups is 1. The smallest absolute Gasteiger partial charge is 0.0681 e. The van der Waals surface area contributed by atoms with Crippen LogP contribution in [0.15, 0.2) is 0 Å². The van der Waals surface area contributed by atoms with Crippen molar-refractivity contribution < 1.29 is 20.4 Å². The molecule has 4 N–H and O–H groups in total. The number of hydrogen-bond donors (Lipinski definition) is 4. The molecule has 0 radical (unpaired) electrons. The van der Waals surface area contributed by atoms with Gasteiger partial charge in [0.25, 0.3) is 0 Å². The van der Waals surface area contributed by atoms with Crippen LogP contribution in [-0.2, 0) is 0 Å². The van der Waals surface area contributed by atoms with Gasteiger partial charge in [-0.1, -0.05) is 97.8 Å². The van der Waals surface area contributed by atoms with Crippen LogP contribution < -0.4 is 0 Å². The van der Waals surface area contributed by atoms with Crippen molar-refractivity contribution in [2.24, 2.45) is 0 Å². The van der Waals surface area contributed by atoms with Crippen LogP contribution in [0.2, 0.25) is 0 Å². The summed E-state index contributed by atoms with van der Waals surface area (Å²) in [6.45, 7) is 8.22. The molecule has 6 heteroatoms. The summed E-state index contributed by atoms with van der Waals surface area (Å²) in [7, 11) is 0. The van der Waals surface area contributed by atoms with Gasteiger partial charge in [0.2, 0.25) is 0 Å². The van der Waals surface area contributed by atoms with Gasteiger partial charge in [-0.05, 0) is 19.3 Å². The summed E-state index contributed by atoms with van der Waals surface area (Å²) < 4.78 is 0. The second-order valence-corrected chi connectivity index (χ2v) is 9.52. The Morgan fingerprint density at radius 1 is 0.500 bits per heavy atom. The summed E-state index contributed by atoms with van der Waals surface area (Å²) in [6.07, 6.45) is 14.3. The average Bonchev–Trinajstić information content (AvgIpc) is 2.76. The third kappa shape index (κ3) is 18.2. The number of aliphatic hydroxyl groups is 4. The lowest BCUT2D eigenvalue weighted by atomic mass is 10.1. The van der Waals surface area contributed by atoms with E-state index in [-0.39, 0.29) is 6.61 Å². The van der Waals surface area contributed by atoms with Crippen molar-refractivity contribution in [3.8, 4) is 0 Å². The van der Waals surface area contributed by atoms with Crippen molar-refractivity contribution in [2.45, 2.75) is 135 Å². The highest BCUT2D eigenvalue weighted by molar-refractivity contribution is 4.72. The molecular weight excluding hydrogens is 404 g/mol. The fourth-order valence-electron chi connectivity index (χ4n) is 4.19. The third-order valence-corrected chi connectivity index (χ3v) is 6.20. The van der Waals surface area contributed by atoms with E-state index < -0.39 is 18.3 Å². The van der Waals surface area contributed by atoms with Gasteiger partial charge in [0, 0.05) is 26.2 Å². The Balaban J connectivity index is 4.91. The van der Waals surface area contributed by atoms with Crippen LogP contribution in [0.25, 0.3) is 0 Å². The minimum absolute atomic E-state index is 0.0156. The molecule has 0 aliphatic heterocycles. The molecular formula is C26H56N2O4. The largest absolute Gasteiger partial charge is 0.395 e. The molecule has 0 spiro atoms. The van der Waals surface area contributed by atoms with Crippen LogP contribution in [0.5, 0.6) is 0 Å². The summed E-state index contributed by atoms with van der Waals surface area (Å²) in [5, 5.41) is 45.5. The van der Waals surface area contributed by atoms with Crippen LogP contribution in [0.4, 0.5) is 0 Å². The maximum Gasteiger partial charge on any atom is 0.0681 e. The summed E-state index contributed by atoms with van der Waals surface area (Å²) in [4.78, 5) is 0. The molecule has 0 heterocycles. The quantitative estimate of drug-likeness (QED) is 0.125. The molecule has 3 atom stereocenters. The Labute approximate surface area is 199 Å². The average molecular weight is 461 g/mol. The Bertz CT molecular complexity index is 367. The van der Waals surface area contributed by atoms with Crippen LogP contribution in [0, 0.1) is 0 Å². The topological polar surface area (TPSA) is 87.4 Å². The lowest BCUT2D eigenvalue weighted by Gasteiger charge is -2.38. The molecule has 0 aromatic heterocycles. The monoisotopic (exact) mass is 460 g/mol. The van der Waals surface area contributed by atoms with Gasteiger partial charge in [0.1, 0.15) is 0 Å². The van der Waals surface area contributed by atoms with E-state index in [0.29, 0.717) is 26.2 Å². The SMILES string of the molecule is CCCCCCC(O)CN(CCO)N(CC(O)CCCCCC)CC(O)CCCCCC. The number of nitrogens with zero attached hydrogens (tertiary/aromatic N) is 2. The molecule has 6 nitrogen and oxygen atoms in total. The van der Waals surface area contributed by atoms with Crippen LogP contribution in [0.1, 0.15) is 117 Å². The summed E-state index contributed by atoms with van der Waals surface area (Å²) >= 11 is 0. The van der Waals surface area contributed by atoms with Gasteiger partial charge in [-0.3, -0.25) is 0 Å². The predicted octanol–water partition coefficient (Wildman–Crippen LogP) is 4.49. The zero-order valence-electron chi connectivity index (χ0n) is 21.6. The van der Waals surface area contributed by atoms with E-state index in [9.17, 15) is 20.4 Å². The van der Waals surface area contributed by atoms with Crippen LogP contribution >= 0.6 is 0 Å². The molecule has 194 valence electrons. The fraction of sp³-hybridized carbons (Fsp3) is 1.00. The van der Waals surface area contributed by atoms with Crippen molar-refractivity contribution >= 4 is 0 Å². The van der Waals surface area contributed by atoms with E-state index in [1.165, 1.54) is 38.5 Å². The molecule has 3 unspecified atom stereocenters. The number of aliphatic hydroxyl groups excluding tert-OH is 4. The predicted molar refractivity (Wildman–Crippen MR) is 135 cm³/mol. The van der Waals surface area contributed by atoms with Gasteiger partial charge >= 0.3 is 0 Å². The molecule has 0 saturated heterocycles. The zero-order valence-corrected chi connectivity index (χ0v) is 21.6. The first-order valence-corrected chi connectivity index (χ1v) is 13.6. The van der Waals surface area contributed by atoms with E-state index in [2.05, 4.69) is 20.8 Å². The molecule has 0 saturated carbocycles. The van der Waals surface area contributed by atoms with Gasteiger partial charge in [-0.25, -0.2) is 10.0 Å². The Hall–Kier alpha value is -0.240. The Kier molecular flexibility index (Phi) is 22.4. The Morgan fingerprint density at radius 2 is 0.844 bits per heavy atom. The van der Waals surface area contributed by atoms with Crippen molar-refractivity contribution in [3.63, 3.8) is 0 Å². The Morgan fingerprint density at radius 3 is 1.16 bits per heavy atom. The second-order valence-electron chi connectivity index (χ2n) is 9.52. The highest BCUT2D eigenvalue weighted by Crippen LogP contribution is 2.14. The molecule has 0 fully saturated rings. The van der Waals surface area contributed by atoms with Gasteiger partial charge < -0.3 is 20.4 Å². The second kappa shape index (κ2) is 22.5. The maximum atomic E-state index is 10.7. The van der Waals surface area contributed by atoms with E-state index in [0.717, 1.165) is 57.8 Å². The number of unbranched alkanes of at least 4 members (excludes halogenated alkanes) is 9. The van der Waals surface area contributed by atoms with E-state index in [1.807, 2.05) is 10.0 Å². The lowest BCUT2D eigenvalue weighted by Crippen LogP contribution is -2.52. The van der Waals surface area contributed by atoms with Gasteiger partial charge in [-0.15, -0.1) is 0 Å². The molecule has 0 aromatic rings. The highest BCUT2D eigenvalue weighted by Gasteiger charge is 2.23. The normalized spacial score (nSPS) is 14.9. The summed E-state index contributed by atoms with van der Waals surface area (Å²) in [5.74, 6) is 0. The molecule has 0 aromatic carbocycles. The molecule has 0 amide bonds. The first-order chi connectivity index (χ1) is 15.5. The molecule has 32 heavy (non-hydrogen) atoms. The van der Waals surface area contributed by atoms with Crippen LogP contribution in [0.3, 0.4) is 0 Å². The van der Waals surface area contributed by atoms with E-state index in [4.69, 9.17) is 0 Å². The minimum atomic E-state index is -0.470. The summed E-state index contributed by atoms with van der Waals surface area (Å²) in [5.41, 5.74) is 0. The number of rotatable bonds is 24. The fourth-order valence-corrected chi connectivity index (χ4v) is 4.19. The van der Waals surface area contributed by atoms with Crippen molar-refractivity contribution in [3.05, 3.63) is 0 Å². The van der Waals surface area contributed by atoms with Gasteiger partial charge in [0.15, 0.2) is 0 Å². The number of hydrogen-bond acceptors (Lipinski definition) is 6. The highest BCUT2D eigenvalue weighted by atomic mass is 16.3. The molecule has 0 rings (SSSR count). The maximum absolute atomic E-state index is 10.7. The standard InChI is InChI=1S/C26H56N2O4/c1-4-7-10-13-16-24(30)21-27(19-20-29)28(22-25(31)17-14-11-8-5-2)23-26(32)18-15-12-9-6-3/h24-26,29-32H,4-23H2,1-3H3. The third-order valence-electron chi connectivity index (χ3n) is 6.20. The minimum Gasteiger partial charge on any atom is -0.395 e. The molecule has 0 aliphatic rings. The molecule has 0 bridgehead atoms. The van der Waals surface area contributed by atoms with Gasteiger partial charge in [-0.2, -0.15) is 0 Å². The lowest BCUT2D eigenvalue weighted by molar-refractivity contribution is -0.101. The summed E-state index contributed by atoms with van der Waals surface area (Å²) in [6, 6.07) is 0. The van der Waals surface area contributed by atoms with E-state index in [1.54, 1.807) is 0 Å². The van der Waals surface area contributed by atoms with E-state index >= 15 is 0 Å². The van der Waals surface area contributed by atoms with Gasteiger partial charge in [0.05, 0.1) is 24.9 Å². The van der Waals surface area contributed by atoms with Crippen molar-refractivity contribution in [1.82, 2.24) is 10.0 Å². The first-order valence-electron chi connectivity index (χ1n) is 13.6. The van der Waals surface area contributed by atoms with Crippen molar-refractivity contribution in [1.29, 1.82) is 0 Å². The van der Waals surface area contributed by atoms with Crippen LogP contribution in [-0.4, -0.2) is 81.5 Å².